The van der Waals surface area contributed by atoms with E-state index in [0.29, 0.717) is 11.1 Å². The van der Waals surface area contributed by atoms with Gasteiger partial charge in [0, 0.05) is 11.1 Å². The lowest BCUT2D eigenvalue weighted by molar-refractivity contribution is -0.121. The Kier molecular flexibility index (Phi) is 4.90. The van der Waals surface area contributed by atoms with Crippen LogP contribution in [0, 0.1) is 6.92 Å². The maximum Gasteiger partial charge on any atom is 0.277 e. The summed E-state index contributed by atoms with van der Waals surface area (Å²) >= 11 is 1.26. The molecule has 0 radical (unpaired) electrons. The van der Waals surface area contributed by atoms with Crippen molar-refractivity contribution >= 4 is 17.7 Å². The van der Waals surface area contributed by atoms with Crippen molar-refractivity contribution in [2.45, 2.75) is 50.6 Å². The molecule has 0 aliphatic carbocycles. The Hall–Kier alpha value is -1.82. The van der Waals surface area contributed by atoms with Crippen LogP contribution in [-0.4, -0.2) is 26.9 Å². The maximum absolute atomic E-state index is 12.1. The van der Waals surface area contributed by atoms with Gasteiger partial charge >= 0.3 is 0 Å². The summed E-state index contributed by atoms with van der Waals surface area (Å²) in [6.07, 6.45) is 0. The van der Waals surface area contributed by atoms with Crippen LogP contribution >= 0.6 is 11.8 Å². The molecule has 1 amide bonds. The summed E-state index contributed by atoms with van der Waals surface area (Å²) in [5, 5.41) is 11.1. The standard InChI is InChI=1S/C16H21N3O2S/c1-10-8-6-7-9-12(10)14-18-19-15(21-14)22-11(2)13(20)17-16(3,4)5/h6-9,11H,1-5H3,(H,17,20)/t11-/m0/s1. The minimum absolute atomic E-state index is 0.0480. The third kappa shape index (κ3) is 4.34. The molecule has 6 heteroatoms. The van der Waals surface area contributed by atoms with Crippen molar-refractivity contribution in [2.24, 2.45) is 0 Å². The molecule has 0 aliphatic heterocycles. The molecule has 0 unspecified atom stereocenters. The number of thioether (sulfide) groups is 1. The van der Waals surface area contributed by atoms with Crippen LogP contribution in [0.3, 0.4) is 0 Å². The molecule has 5 nitrogen and oxygen atoms in total. The van der Waals surface area contributed by atoms with Gasteiger partial charge in [-0.1, -0.05) is 30.0 Å². The molecular weight excluding hydrogens is 298 g/mol. The Balaban J connectivity index is 2.06. The lowest BCUT2D eigenvalue weighted by Crippen LogP contribution is -2.44. The van der Waals surface area contributed by atoms with Crippen LogP contribution in [0.4, 0.5) is 0 Å². The molecule has 1 aromatic carbocycles. The summed E-state index contributed by atoms with van der Waals surface area (Å²) in [6.45, 7) is 9.66. The predicted molar refractivity (Wildman–Crippen MR) is 87.7 cm³/mol. The van der Waals surface area contributed by atoms with Crippen LogP contribution in [0.1, 0.15) is 33.3 Å². The van der Waals surface area contributed by atoms with Crippen molar-refractivity contribution in [3.05, 3.63) is 29.8 Å². The molecule has 118 valence electrons. The number of aromatic nitrogens is 2. The highest BCUT2D eigenvalue weighted by Gasteiger charge is 2.22. The maximum atomic E-state index is 12.1. The first-order chi connectivity index (χ1) is 10.3. The van der Waals surface area contributed by atoms with Gasteiger partial charge in [0.15, 0.2) is 0 Å². The first-order valence-electron chi connectivity index (χ1n) is 7.14. The average Bonchev–Trinajstić information content (AvgIpc) is 2.85. The van der Waals surface area contributed by atoms with Crippen LogP contribution in [-0.2, 0) is 4.79 Å². The largest absolute Gasteiger partial charge is 0.411 e. The highest BCUT2D eigenvalue weighted by molar-refractivity contribution is 8.00. The molecule has 0 spiro atoms. The zero-order valence-corrected chi connectivity index (χ0v) is 14.3. The fourth-order valence-corrected chi connectivity index (χ4v) is 2.54. The molecular formula is C16H21N3O2S. The Labute approximate surface area is 134 Å². The van der Waals surface area contributed by atoms with Crippen molar-refractivity contribution in [1.82, 2.24) is 15.5 Å². The molecule has 0 bridgehead atoms. The van der Waals surface area contributed by atoms with Crippen LogP contribution in [0.15, 0.2) is 33.9 Å². The average molecular weight is 319 g/mol. The quantitative estimate of drug-likeness (QED) is 0.874. The van der Waals surface area contributed by atoms with E-state index < -0.39 is 0 Å². The van der Waals surface area contributed by atoms with E-state index in [2.05, 4.69) is 15.5 Å². The monoisotopic (exact) mass is 319 g/mol. The normalized spacial score (nSPS) is 13.0. The number of nitrogens with zero attached hydrogens (tertiary/aromatic N) is 2. The number of benzene rings is 1. The van der Waals surface area contributed by atoms with Gasteiger partial charge in [0.25, 0.3) is 5.22 Å². The van der Waals surface area contributed by atoms with Gasteiger partial charge in [-0.3, -0.25) is 4.79 Å². The zero-order chi connectivity index (χ0) is 16.3. The number of rotatable bonds is 4. The second-order valence-electron chi connectivity index (χ2n) is 6.19. The Bertz CT molecular complexity index is 661. The highest BCUT2D eigenvalue weighted by Crippen LogP contribution is 2.27. The molecule has 0 saturated carbocycles. The second-order valence-corrected chi connectivity index (χ2v) is 7.48. The zero-order valence-electron chi connectivity index (χ0n) is 13.5. The smallest absolute Gasteiger partial charge is 0.277 e. The summed E-state index contributed by atoms with van der Waals surface area (Å²) in [4.78, 5) is 12.1. The van der Waals surface area contributed by atoms with Gasteiger partial charge < -0.3 is 9.73 Å². The minimum atomic E-state index is -0.301. The van der Waals surface area contributed by atoms with E-state index in [1.54, 1.807) is 0 Å². The minimum Gasteiger partial charge on any atom is -0.411 e. The number of hydrogen-bond acceptors (Lipinski definition) is 5. The molecule has 22 heavy (non-hydrogen) atoms. The van der Waals surface area contributed by atoms with E-state index >= 15 is 0 Å². The predicted octanol–water partition coefficient (Wildman–Crippen LogP) is 3.44. The van der Waals surface area contributed by atoms with Crippen molar-refractivity contribution in [2.75, 3.05) is 0 Å². The number of hydrogen-bond donors (Lipinski definition) is 1. The second kappa shape index (κ2) is 6.52. The Morgan fingerprint density at radius 2 is 1.95 bits per heavy atom. The highest BCUT2D eigenvalue weighted by atomic mass is 32.2. The van der Waals surface area contributed by atoms with Gasteiger partial charge in [0.05, 0.1) is 5.25 Å². The van der Waals surface area contributed by atoms with E-state index in [1.807, 2.05) is 58.9 Å². The van der Waals surface area contributed by atoms with Gasteiger partial charge in [-0.05, 0) is 46.2 Å². The van der Waals surface area contributed by atoms with Gasteiger partial charge in [-0.15, -0.1) is 10.2 Å². The summed E-state index contributed by atoms with van der Waals surface area (Å²) in [6, 6.07) is 7.82. The fraction of sp³-hybridized carbons (Fsp3) is 0.438. The van der Waals surface area contributed by atoms with E-state index in [0.717, 1.165) is 11.1 Å². The Morgan fingerprint density at radius 3 is 2.59 bits per heavy atom. The van der Waals surface area contributed by atoms with Crippen LogP contribution in [0.5, 0.6) is 0 Å². The molecule has 0 saturated heterocycles. The summed E-state index contributed by atoms with van der Waals surface area (Å²) in [5.41, 5.74) is 1.72. The van der Waals surface area contributed by atoms with E-state index in [9.17, 15) is 4.79 Å². The van der Waals surface area contributed by atoms with E-state index in [4.69, 9.17) is 4.42 Å². The van der Waals surface area contributed by atoms with Crippen molar-refractivity contribution < 1.29 is 9.21 Å². The van der Waals surface area contributed by atoms with Crippen molar-refractivity contribution in [3.8, 4) is 11.5 Å². The molecule has 2 rings (SSSR count). The van der Waals surface area contributed by atoms with E-state index in [1.165, 1.54) is 11.8 Å². The molecule has 1 N–H and O–H groups in total. The van der Waals surface area contributed by atoms with Crippen LogP contribution in [0.2, 0.25) is 0 Å². The number of aryl methyl sites for hydroxylation is 1. The molecule has 0 aliphatic rings. The third-order valence-corrected chi connectivity index (χ3v) is 3.86. The first kappa shape index (κ1) is 16.5. The van der Waals surface area contributed by atoms with Crippen LogP contribution < -0.4 is 5.32 Å². The third-order valence-electron chi connectivity index (χ3n) is 2.93. The van der Waals surface area contributed by atoms with Gasteiger partial charge in [0.2, 0.25) is 11.8 Å². The van der Waals surface area contributed by atoms with Gasteiger partial charge in [0.1, 0.15) is 0 Å². The summed E-state index contributed by atoms with van der Waals surface area (Å²) in [7, 11) is 0. The van der Waals surface area contributed by atoms with Gasteiger partial charge in [-0.25, -0.2) is 0 Å². The number of nitrogens with one attached hydrogen (secondary N) is 1. The SMILES string of the molecule is Cc1ccccc1-c1nnc(S[C@@H](C)C(=O)NC(C)(C)C)o1. The topological polar surface area (TPSA) is 68.0 Å². The van der Waals surface area contributed by atoms with Crippen LogP contribution in [0.25, 0.3) is 11.5 Å². The number of carbonyl (C=O) groups is 1. The number of amides is 1. The molecule has 1 atom stereocenters. The lowest BCUT2D eigenvalue weighted by atomic mass is 10.1. The lowest BCUT2D eigenvalue weighted by Gasteiger charge is -2.22. The summed E-state index contributed by atoms with van der Waals surface area (Å²) < 4.78 is 5.66. The van der Waals surface area contributed by atoms with Gasteiger partial charge in [-0.2, -0.15) is 0 Å². The van der Waals surface area contributed by atoms with E-state index in [-0.39, 0.29) is 16.7 Å². The summed E-state index contributed by atoms with van der Waals surface area (Å²) in [5.74, 6) is 0.428. The first-order valence-corrected chi connectivity index (χ1v) is 8.02. The molecule has 1 aromatic heterocycles. The number of carbonyl (C=O) groups excluding carboxylic acids is 1. The van der Waals surface area contributed by atoms with Crippen molar-refractivity contribution in [3.63, 3.8) is 0 Å². The fourth-order valence-electron chi connectivity index (χ4n) is 1.86. The Morgan fingerprint density at radius 1 is 1.27 bits per heavy atom. The molecule has 1 heterocycles. The van der Waals surface area contributed by atoms with Crippen molar-refractivity contribution in [1.29, 1.82) is 0 Å². The molecule has 2 aromatic rings. The molecule has 0 fully saturated rings.